The summed E-state index contributed by atoms with van der Waals surface area (Å²) in [6, 6.07) is 29.7. The number of rotatable bonds is 9. The van der Waals surface area contributed by atoms with Crippen molar-refractivity contribution >= 4 is 22.5 Å². The van der Waals surface area contributed by atoms with Gasteiger partial charge in [0.25, 0.3) is 0 Å². The lowest BCUT2D eigenvalue weighted by molar-refractivity contribution is 0.245. The number of anilines is 1. The number of allylic oxidation sites excluding steroid dienone is 2. The van der Waals surface area contributed by atoms with Crippen LogP contribution in [0.1, 0.15) is 25.0 Å². The molecular weight excluding hydrogens is 430 g/mol. The van der Waals surface area contributed by atoms with Crippen molar-refractivity contribution < 1.29 is 9.47 Å². The number of hydrogen-bond acceptors (Lipinski definition) is 3. The third-order valence-electron chi connectivity index (χ3n) is 6.14. The van der Waals surface area contributed by atoms with E-state index < -0.39 is 0 Å². The molecule has 0 saturated carbocycles. The second kappa shape index (κ2) is 11.4. The smallest absolute Gasteiger partial charge is 0.123 e. The van der Waals surface area contributed by atoms with Crippen LogP contribution in [-0.2, 0) is 11.2 Å². The zero-order valence-electron chi connectivity index (χ0n) is 20.9. The molecule has 4 rings (SSSR count). The Kier molecular flexibility index (Phi) is 7.89. The van der Waals surface area contributed by atoms with Gasteiger partial charge in [0.2, 0.25) is 0 Å². The van der Waals surface area contributed by atoms with E-state index in [2.05, 4.69) is 90.3 Å². The highest BCUT2D eigenvalue weighted by molar-refractivity contribution is 5.98. The molecule has 0 fully saturated rings. The van der Waals surface area contributed by atoms with Gasteiger partial charge in [0.05, 0.1) is 12.9 Å². The van der Waals surface area contributed by atoms with Gasteiger partial charge in [-0.05, 0) is 72.0 Å². The minimum absolute atomic E-state index is 0.0783. The average molecular weight is 464 g/mol. The number of hydrogen-bond donors (Lipinski definition) is 1. The van der Waals surface area contributed by atoms with Gasteiger partial charge in [0.1, 0.15) is 11.9 Å². The molecule has 1 unspecified atom stereocenters. The molecule has 35 heavy (non-hydrogen) atoms. The van der Waals surface area contributed by atoms with Gasteiger partial charge in [-0.1, -0.05) is 78.9 Å². The van der Waals surface area contributed by atoms with Crippen LogP contribution in [0.5, 0.6) is 5.75 Å². The maximum absolute atomic E-state index is 6.20. The minimum atomic E-state index is -0.0783. The topological polar surface area (TPSA) is 30.5 Å². The molecule has 0 amide bonds. The number of nitrogens with one attached hydrogen (secondary N) is 1. The van der Waals surface area contributed by atoms with Crippen LogP contribution >= 0.6 is 0 Å². The molecule has 4 aromatic rings. The van der Waals surface area contributed by atoms with Crippen molar-refractivity contribution in [1.82, 2.24) is 0 Å². The van der Waals surface area contributed by atoms with Crippen LogP contribution in [0.15, 0.2) is 103 Å². The Labute approximate surface area is 208 Å². The van der Waals surface area contributed by atoms with Gasteiger partial charge in [-0.3, -0.25) is 0 Å². The molecule has 3 nitrogen and oxygen atoms in total. The van der Waals surface area contributed by atoms with Crippen LogP contribution in [0.4, 0.5) is 5.69 Å². The lowest BCUT2D eigenvalue weighted by Crippen LogP contribution is -2.10. The molecule has 0 aliphatic carbocycles. The molecule has 0 aliphatic rings. The van der Waals surface area contributed by atoms with E-state index in [0.29, 0.717) is 0 Å². The monoisotopic (exact) mass is 463 g/mol. The van der Waals surface area contributed by atoms with Crippen LogP contribution in [0.2, 0.25) is 0 Å². The molecule has 4 aromatic carbocycles. The summed E-state index contributed by atoms with van der Waals surface area (Å²) in [5.74, 6) is 1.74. The molecule has 0 heterocycles. The van der Waals surface area contributed by atoms with E-state index in [-0.39, 0.29) is 6.10 Å². The van der Waals surface area contributed by atoms with E-state index in [4.69, 9.17) is 9.47 Å². The molecule has 0 aromatic heterocycles. The quantitative estimate of drug-likeness (QED) is 0.254. The third kappa shape index (κ3) is 5.93. The molecule has 0 aliphatic heterocycles. The van der Waals surface area contributed by atoms with Gasteiger partial charge in [-0.25, -0.2) is 0 Å². The summed E-state index contributed by atoms with van der Waals surface area (Å²) in [6.07, 6.45) is 7.11. The number of methoxy groups -OCH3 is 1. The maximum Gasteiger partial charge on any atom is 0.123 e. The van der Waals surface area contributed by atoms with Crippen molar-refractivity contribution in [2.45, 2.75) is 26.4 Å². The van der Waals surface area contributed by atoms with Crippen LogP contribution in [-0.4, -0.2) is 20.3 Å². The summed E-state index contributed by atoms with van der Waals surface area (Å²) in [5, 5.41) is 5.82. The SMILES string of the molecule is CNc1ccc2ccc(-c3ccccc3)cc2c1/C=C\Cc1ccccc1OC(C)/C=C(/C)OC. The number of para-hydroxylation sites is 1. The van der Waals surface area contributed by atoms with Crippen molar-refractivity contribution in [2.75, 3.05) is 19.5 Å². The molecule has 0 radical (unpaired) electrons. The summed E-state index contributed by atoms with van der Waals surface area (Å²) in [7, 11) is 3.65. The zero-order valence-corrected chi connectivity index (χ0v) is 20.9. The Balaban J connectivity index is 1.64. The molecule has 178 valence electrons. The van der Waals surface area contributed by atoms with Gasteiger partial charge in [-0.15, -0.1) is 0 Å². The molecular formula is C32H33NO2. The minimum Gasteiger partial charge on any atom is -0.502 e. The first-order valence-electron chi connectivity index (χ1n) is 12.0. The molecule has 1 N–H and O–H groups in total. The standard InChI is InChI=1S/C32H33NO2/c1-23(34-4)21-24(2)35-32-16-9-8-13-27(32)14-10-15-29-30-22-28(25-11-6-5-7-12-25)18-17-26(30)19-20-31(29)33-3/h5-13,15-22,24,33H,14H2,1-4H3/b15-10-,23-21-. The normalized spacial score (nSPS) is 12.6. The number of ether oxygens (including phenoxy) is 2. The highest BCUT2D eigenvalue weighted by atomic mass is 16.5. The Bertz CT molecular complexity index is 1340. The second-order valence-electron chi connectivity index (χ2n) is 8.60. The van der Waals surface area contributed by atoms with E-state index in [0.717, 1.165) is 29.2 Å². The van der Waals surface area contributed by atoms with E-state index in [1.165, 1.54) is 27.5 Å². The Morgan fingerprint density at radius 3 is 2.43 bits per heavy atom. The largest absolute Gasteiger partial charge is 0.502 e. The van der Waals surface area contributed by atoms with Crippen molar-refractivity contribution in [3.63, 3.8) is 0 Å². The van der Waals surface area contributed by atoms with E-state index in [9.17, 15) is 0 Å². The number of benzene rings is 4. The van der Waals surface area contributed by atoms with E-state index in [1.54, 1.807) is 7.11 Å². The molecule has 1 atom stereocenters. The van der Waals surface area contributed by atoms with Gasteiger partial charge in [0, 0.05) is 18.3 Å². The van der Waals surface area contributed by atoms with Crippen LogP contribution in [0.25, 0.3) is 28.0 Å². The van der Waals surface area contributed by atoms with Gasteiger partial charge in [0.15, 0.2) is 0 Å². The van der Waals surface area contributed by atoms with E-state index in [1.807, 2.05) is 39.1 Å². The van der Waals surface area contributed by atoms with Gasteiger partial charge >= 0.3 is 0 Å². The predicted molar refractivity (Wildman–Crippen MR) is 149 cm³/mol. The Morgan fingerprint density at radius 1 is 0.914 bits per heavy atom. The molecule has 0 saturated heterocycles. The fourth-order valence-corrected chi connectivity index (χ4v) is 4.27. The highest BCUT2D eigenvalue weighted by Gasteiger charge is 2.09. The van der Waals surface area contributed by atoms with Crippen molar-refractivity contribution in [3.8, 4) is 16.9 Å². The van der Waals surface area contributed by atoms with Crippen LogP contribution in [0, 0.1) is 0 Å². The third-order valence-corrected chi connectivity index (χ3v) is 6.14. The first-order valence-corrected chi connectivity index (χ1v) is 12.0. The predicted octanol–water partition coefficient (Wildman–Crippen LogP) is 8.12. The van der Waals surface area contributed by atoms with Crippen LogP contribution in [0.3, 0.4) is 0 Å². The first-order chi connectivity index (χ1) is 17.1. The van der Waals surface area contributed by atoms with Gasteiger partial charge < -0.3 is 14.8 Å². The summed E-state index contributed by atoms with van der Waals surface area (Å²) in [4.78, 5) is 0. The lowest BCUT2D eigenvalue weighted by Gasteiger charge is -2.15. The summed E-state index contributed by atoms with van der Waals surface area (Å²) < 4.78 is 11.5. The molecule has 3 heteroatoms. The zero-order chi connectivity index (χ0) is 24.6. The Morgan fingerprint density at radius 2 is 1.66 bits per heavy atom. The molecule has 0 bridgehead atoms. The summed E-state index contributed by atoms with van der Waals surface area (Å²) in [5.41, 5.74) is 5.88. The average Bonchev–Trinajstić information content (AvgIpc) is 2.89. The fourth-order valence-electron chi connectivity index (χ4n) is 4.27. The second-order valence-corrected chi connectivity index (χ2v) is 8.60. The van der Waals surface area contributed by atoms with Crippen LogP contribution < -0.4 is 10.1 Å². The van der Waals surface area contributed by atoms with Crippen molar-refractivity contribution in [2.24, 2.45) is 0 Å². The van der Waals surface area contributed by atoms with Crippen molar-refractivity contribution in [3.05, 3.63) is 114 Å². The summed E-state index contributed by atoms with van der Waals surface area (Å²) in [6.45, 7) is 3.95. The lowest BCUT2D eigenvalue weighted by atomic mass is 9.96. The fraction of sp³-hybridized carbons (Fsp3) is 0.188. The first kappa shape index (κ1) is 24.2. The van der Waals surface area contributed by atoms with E-state index >= 15 is 0 Å². The van der Waals surface area contributed by atoms with Crippen molar-refractivity contribution in [1.29, 1.82) is 0 Å². The van der Waals surface area contributed by atoms with Gasteiger partial charge in [-0.2, -0.15) is 0 Å². The molecule has 0 spiro atoms. The Hall–Kier alpha value is -3.98. The maximum atomic E-state index is 6.20. The number of fused-ring (bicyclic) bond motifs is 1. The summed E-state index contributed by atoms with van der Waals surface area (Å²) >= 11 is 0. The highest BCUT2D eigenvalue weighted by Crippen LogP contribution is 2.32.